The first-order valence-corrected chi connectivity index (χ1v) is 4.70. The molecule has 6 heteroatoms. The van der Waals surface area contributed by atoms with Gasteiger partial charge in [0.2, 0.25) is 11.8 Å². The normalized spacial score (nSPS) is 17.5. The van der Waals surface area contributed by atoms with Crippen molar-refractivity contribution in [2.24, 2.45) is 0 Å². The average Bonchev–Trinajstić information content (AvgIpc) is 2.67. The highest BCUT2D eigenvalue weighted by atomic mass is 16.5. The lowest BCUT2D eigenvalue weighted by Gasteiger charge is -2.17. The lowest BCUT2D eigenvalue weighted by atomic mass is 10.3. The lowest BCUT2D eigenvalue weighted by molar-refractivity contribution is -0.130. The van der Waals surface area contributed by atoms with Crippen LogP contribution in [0.25, 0.3) is 0 Å². The molecule has 1 N–H and O–H groups in total. The van der Waals surface area contributed by atoms with Gasteiger partial charge in [-0.3, -0.25) is 9.59 Å². The molecule has 2 amide bonds. The van der Waals surface area contributed by atoms with E-state index in [0.29, 0.717) is 25.3 Å². The monoisotopic (exact) mass is 209 g/mol. The molecular weight excluding hydrogens is 198 g/mol. The molecule has 15 heavy (non-hydrogen) atoms. The highest BCUT2D eigenvalue weighted by Gasteiger charge is 2.20. The zero-order valence-electron chi connectivity index (χ0n) is 8.10. The number of carbonyl (C=O) groups excluding carboxylic acids is 2. The van der Waals surface area contributed by atoms with Crippen LogP contribution in [0.5, 0.6) is 0 Å². The van der Waals surface area contributed by atoms with Gasteiger partial charge in [-0.05, 0) is 0 Å². The molecule has 0 unspecified atom stereocenters. The van der Waals surface area contributed by atoms with Crippen molar-refractivity contribution in [3.63, 3.8) is 0 Å². The summed E-state index contributed by atoms with van der Waals surface area (Å²) in [6.45, 7) is 0.853. The third-order valence-electron chi connectivity index (χ3n) is 2.24. The minimum atomic E-state index is -0.0998. The first kappa shape index (κ1) is 9.70. The Morgan fingerprint density at radius 1 is 1.53 bits per heavy atom. The summed E-state index contributed by atoms with van der Waals surface area (Å²) < 4.78 is 4.90. The molecule has 0 aliphatic carbocycles. The van der Waals surface area contributed by atoms with Crippen molar-refractivity contribution in [3.05, 3.63) is 18.0 Å². The van der Waals surface area contributed by atoms with Gasteiger partial charge in [0.1, 0.15) is 0 Å². The maximum absolute atomic E-state index is 11.5. The van der Waals surface area contributed by atoms with Crippen LogP contribution in [0.1, 0.15) is 12.2 Å². The average molecular weight is 209 g/mol. The van der Waals surface area contributed by atoms with Crippen LogP contribution in [0.4, 0.5) is 0 Å². The molecule has 80 valence electrons. The fourth-order valence-electron chi connectivity index (χ4n) is 1.41. The molecule has 2 heterocycles. The predicted molar refractivity (Wildman–Crippen MR) is 49.5 cm³/mol. The number of rotatable bonds is 2. The Balaban J connectivity index is 2.01. The highest BCUT2D eigenvalue weighted by Crippen LogP contribution is 2.06. The van der Waals surface area contributed by atoms with Crippen molar-refractivity contribution in [2.75, 3.05) is 13.1 Å². The number of aromatic nitrogens is 1. The predicted octanol–water partition coefficient (Wildman–Crippen LogP) is -0.477. The molecule has 2 rings (SSSR count). The van der Waals surface area contributed by atoms with Gasteiger partial charge in [0, 0.05) is 19.0 Å². The molecule has 0 radical (unpaired) electrons. The molecule has 1 aliphatic rings. The van der Waals surface area contributed by atoms with Crippen LogP contribution >= 0.6 is 0 Å². The summed E-state index contributed by atoms with van der Waals surface area (Å²) in [4.78, 5) is 24.2. The van der Waals surface area contributed by atoms with Gasteiger partial charge < -0.3 is 14.7 Å². The largest absolute Gasteiger partial charge is 0.360 e. The van der Waals surface area contributed by atoms with Crippen LogP contribution in [0.3, 0.4) is 0 Å². The Morgan fingerprint density at radius 3 is 3.13 bits per heavy atom. The van der Waals surface area contributed by atoms with Crippen molar-refractivity contribution >= 4 is 11.8 Å². The van der Waals surface area contributed by atoms with Crippen molar-refractivity contribution in [3.8, 4) is 0 Å². The summed E-state index contributed by atoms with van der Waals surface area (Å²) in [5.41, 5.74) is 0. The Labute approximate surface area is 86.2 Å². The molecule has 0 spiro atoms. The van der Waals surface area contributed by atoms with E-state index in [0.717, 1.165) is 0 Å². The van der Waals surface area contributed by atoms with Crippen molar-refractivity contribution in [2.45, 2.75) is 13.0 Å². The molecule has 1 aliphatic heterocycles. The zero-order valence-corrected chi connectivity index (χ0v) is 8.10. The van der Waals surface area contributed by atoms with Crippen LogP contribution in [0, 0.1) is 0 Å². The van der Waals surface area contributed by atoms with E-state index < -0.39 is 0 Å². The van der Waals surface area contributed by atoms with Crippen molar-refractivity contribution < 1.29 is 14.1 Å². The molecule has 1 aromatic heterocycles. The van der Waals surface area contributed by atoms with Crippen molar-refractivity contribution in [1.82, 2.24) is 15.4 Å². The number of nitrogens with one attached hydrogen (secondary N) is 1. The van der Waals surface area contributed by atoms with Gasteiger partial charge >= 0.3 is 0 Å². The first-order valence-electron chi connectivity index (χ1n) is 4.70. The molecule has 0 bridgehead atoms. The van der Waals surface area contributed by atoms with Gasteiger partial charge in [-0.2, -0.15) is 0 Å². The fourth-order valence-corrected chi connectivity index (χ4v) is 1.41. The van der Waals surface area contributed by atoms with E-state index in [-0.39, 0.29) is 18.4 Å². The van der Waals surface area contributed by atoms with E-state index in [2.05, 4.69) is 10.5 Å². The minimum Gasteiger partial charge on any atom is -0.360 e. The second kappa shape index (κ2) is 4.12. The maximum Gasteiger partial charge on any atom is 0.242 e. The molecule has 1 saturated heterocycles. The number of amides is 2. The maximum atomic E-state index is 11.5. The van der Waals surface area contributed by atoms with Gasteiger partial charge in [0.05, 0.1) is 19.3 Å². The van der Waals surface area contributed by atoms with E-state index >= 15 is 0 Å². The summed E-state index contributed by atoms with van der Waals surface area (Å²) in [6.07, 6.45) is 1.86. The van der Waals surface area contributed by atoms with E-state index in [4.69, 9.17) is 4.52 Å². The van der Waals surface area contributed by atoms with Gasteiger partial charge in [-0.15, -0.1) is 0 Å². The number of hydrogen-bond donors (Lipinski definition) is 1. The Morgan fingerprint density at radius 2 is 2.40 bits per heavy atom. The van der Waals surface area contributed by atoms with E-state index in [1.807, 2.05) is 0 Å². The van der Waals surface area contributed by atoms with Gasteiger partial charge in [0.15, 0.2) is 5.76 Å². The molecule has 1 aromatic rings. The summed E-state index contributed by atoms with van der Waals surface area (Å²) in [5, 5.41) is 6.08. The molecular formula is C9H11N3O3. The number of hydrogen-bond acceptors (Lipinski definition) is 4. The van der Waals surface area contributed by atoms with Crippen molar-refractivity contribution in [1.29, 1.82) is 0 Å². The molecule has 1 fully saturated rings. The highest BCUT2D eigenvalue weighted by molar-refractivity contribution is 5.87. The van der Waals surface area contributed by atoms with Gasteiger partial charge in [-0.25, -0.2) is 0 Å². The van der Waals surface area contributed by atoms with Crippen LogP contribution in [-0.4, -0.2) is 35.0 Å². The second-order valence-corrected chi connectivity index (χ2v) is 3.32. The molecule has 0 atom stereocenters. The minimum absolute atomic E-state index is 0.0625. The summed E-state index contributed by atoms with van der Waals surface area (Å²) in [5.74, 6) is 0.429. The second-order valence-electron chi connectivity index (χ2n) is 3.32. The zero-order chi connectivity index (χ0) is 10.7. The summed E-state index contributed by atoms with van der Waals surface area (Å²) in [7, 11) is 0. The van der Waals surface area contributed by atoms with E-state index in [1.165, 1.54) is 6.20 Å². The third-order valence-corrected chi connectivity index (χ3v) is 2.24. The smallest absolute Gasteiger partial charge is 0.242 e. The van der Waals surface area contributed by atoms with Gasteiger partial charge in [0.25, 0.3) is 0 Å². The van der Waals surface area contributed by atoms with E-state index in [1.54, 1.807) is 11.0 Å². The fraction of sp³-hybridized carbons (Fsp3) is 0.444. The SMILES string of the molecule is O=C1CCN(Cc2ccno2)C(=O)CN1. The van der Waals surface area contributed by atoms with Crippen LogP contribution in [0.15, 0.2) is 16.8 Å². The lowest BCUT2D eigenvalue weighted by Crippen LogP contribution is -2.34. The Bertz CT molecular complexity index is 361. The number of nitrogens with zero attached hydrogens (tertiary/aromatic N) is 2. The summed E-state index contributed by atoms with van der Waals surface area (Å²) in [6, 6.07) is 1.70. The van der Waals surface area contributed by atoms with Gasteiger partial charge in [-0.1, -0.05) is 5.16 Å². The van der Waals surface area contributed by atoms with E-state index in [9.17, 15) is 9.59 Å². The van der Waals surface area contributed by atoms with Crippen LogP contribution < -0.4 is 5.32 Å². The quantitative estimate of drug-likeness (QED) is 0.714. The Hall–Kier alpha value is -1.85. The third kappa shape index (κ3) is 2.34. The number of carbonyl (C=O) groups is 2. The topological polar surface area (TPSA) is 75.4 Å². The molecule has 6 nitrogen and oxygen atoms in total. The van der Waals surface area contributed by atoms with Crippen LogP contribution in [-0.2, 0) is 16.1 Å². The summed E-state index contributed by atoms with van der Waals surface area (Å²) >= 11 is 0. The Kier molecular flexibility index (Phi) is 2.66. The first-order chi connectivity index (χ1) is 7.25. The standard InChI is InChI=1S/C9H11N3O3/c13-8-2-4-12(9(14)5-10-8)6-7-1-3-11-15-7/h1,3H,2,4-6H2,(H,10,13). The van der Waals surface area contributed by atoms with Crippen LogP contribution in [0.2, 0.25) is 0 Å². The molecule has 0 aromatic carbocycles. The molecule has 0 saturated carbocycles.